The number of rotatable bonds is 5. The van der Waals surface area contributed by atoms with Crippen LogP contribution in [0.25, 0.3) is 0 Å². The highest BCUT2D eigenvalue weighted by Gasteiger charge is 2.20. The van der Waals surface area contributed by atoms with Crippen LogP contribution in [-0.2, 0) is 15.6 Å². The minimum Gasteiger partial charge on any atom is -0.496 e. The van der Waals surface area contributed by atoms with Crippen molar-refractivity contribution in [1.82, 2.24) is 4.98 Å². The Hall–Kier alpha value is -1.93. The first-order valence-electron chi connectivity index (χ1n) is 5.45. The molecule has 0 bridgehead atoms. The summed E-state index contributed by atoms with van der Waals surface area (Å²) in [6.45, 7) is 0. The number of hydrogen-bond donors (Lipinski definition) is 1. The number of benzene rings is 1. The summed E-state index contributed by atoms with van der Waals surface area (Å²) >= 11 is 1.23. The van der Waals surface area contributed by atoms with Crippen LogP contribution in [0.3, 0.4) is 0 Å². The van der Waals surface area contributed by atoms with Crippen LogP contribution < -0.4 is 4.74 Å². The molecule has 0 fully saturated rings. The van der Waals surface area contributed by atoms with E-state index in [9.17, 15) is 13.2 Å². The molecule has 106 valence electrons. The Morgan fingerprint density at radius 2 is 2.20 bits per heavy atom. The van der Waals surface area contributed by atoms with Gasteiger partial charge in [0, 0.05) is 11.1 Å². The minimum absolute atomic E-state index is 0.0518. The predicted molar refractivity (Wildman–Crippen MR) is 73.0 cm³/mol. The van der Waals surface area contributed by atoms with Gasteiger partial charge in [0.2, 0.25) is 0 Å². The molecular weight excluding hydrogens is 302 g/mol. The number of sulfone groups is 1. The SMILES string of the molecule is COc1ccc(S(=O)(=O)Cc2cncs2)cc1C(=O)O. The van der Waals surface area contributed by atoms with Gasteiger partial charge in [-0.2, -0.15) is 0 Å². The number of nitrogens with zero attached hydrogens (tertiary/aromatic N) is 1. The summed E-state index contributed by atoms with van der Waals surface area (Å²) in [5, 5.41) is 9.06. The van der Waals surface area contributed by atoms with Crippen LogP contribution in [0.4, 0.5) is 0 Å². The van der Waals surface area contributed by atoms with Gasteiger partial charge in [-0.15, -0.1) is 11.3 Å². The Kier molecular flexibility index (Phi) is 4.05. The fourth-order valence-electron chi connectivity index (χ4n) is 1.63. The highest BCUT2D eigenvalue weighted by molar-refractivity contribution is 7.90. The van der Waals surface area contributed by atoms with Crippen LogP contribution in [0.5, 0.6) is 5.75 Å². The lowest BCUT2D eigenvalue weighted by Gasteiger charge is -2.08. The second-order valence-corrected chi connectivity index (χ2v) is 6.85. The van der Waals surface area contributed by atoms with Crippen molar-refractivity contribution < 1.29 is 23.1 Å². The lowest BCUT2D eigenvalue weighted by molar-refractivity contribution is 0.0693. The summed E-state index contributed by atoms with van der Waals surface area (Å²) < 4.78 is 29.3. The fourth-order valence-corrected chi connectivity index (χ4v) is 3.94. The van der Waals surface area contributed by atoms with Crippen LogP contribution in [0.15, 0.2) is 34.8 Å². The van der Waals surface area contributed by atoms with Gasteiger partial charge in [0.15, 0.2) is 9.84 Å². The number of aromatic carboxylic acids is 1. The first kappa shape index (κ1) is 14.5. The number of ether oxygens (including phenoxy) is 1. The maximum absolute atomic E-state index is 12.2. The van der Waals surface area contributed by atoms with Crippen molar-refractivity contribution in [2.24, 2.45) is 0 Å². The van der Waals surface area contributed by atoms with Crippen molar-refractivity contribution in [1.29, 1.82) is 0 Å². The van der Waals surface area contributed by atoms with Gasteiger partial charge in [0.1, 0.15) is 11.3 Å². The van der Waals surface area contributed by atoms with Crippen molar-refractivity contribution in [3.63, 3.8) is 0 Å². The van der Waals surface area contributed by atoms with Gasteiger partial charge in [0.25, 0.3) is 0 Å². The smallest absolute Gasteiger partial charge is 0.339 e. The Morgan fingerprint density at radius 3 is 2.75 bits per heavy atom. The second kappa shape index (κ2) is 5.59. The molecule has 6 nitrogen and oxygen atoms in total. The zero-order valence-electron chi connectivity index (χ0n) is 10.4. The van der Waals surface area contributed by atoms with Gasteiger partial charge < -0.3 is 9.84 Å². The molecule has 8 heteroatoms. The first-order valence-corrected chi connectivity index (χ1v) is 7.98. The standard InChI is InChI=1S/C12H11NO5S2/c1-18-11-3-2-9(4-10(11)12(14)15)20(16,17)6-8-5-13-7-19-8/h2-5,7H,6H2,1H3,(H,14,15). The molecule has 0 aliphatic heterocycles. The van der Waals surface area contributed by atoms with E-state index in [1.807, 2.05) is 0 Å². The molecular formula is C12H11NO5S2. The molecule has 0 atom stereocenters. The molecule has 0 saturated carbocycles. The van der Waals surface area contributed by atoms with E-state index < -0.39 is 15.8 Å². The molecule has 1 aromatic heterocycles. The molecule has 0 aliphatic carbocycles. The van der Waals surface area contributed by atoms with Crippen molar-refractivity contribution in [3.05, 3.63) is 40.3 Å². The van der Waals surface area contributed by atoms with E-state index in [1.54, 1.807) is 5.51 Å². The molecule has 1 heterocycles. The summed E-state index contributed by atoms with van der Waals surface area (Å²) in [5.74, 6) is -1.32. The van der Waals surface area contributed by atoms with Gasteiger partial charge in [-0.25, -0.2) is 13.2 Å². The number of hydrogen-bond acceptors (Lipinski definition) is 6. The lowest BCUT2D eigenvalue weighted by Crippen LogP contribution is -2.07. The van der Waals surface area contributed by atoms with Gasteiger partial charge in [-0.1, -0.05) is 0 Å². The van der Waals surface area contributed by atoms with Gasteiger partial charge in [-0.05, 0) is 18.2 Å². The van der Waals surface area contributed by atoms with Crippen LogP contribution in [0, 0.1) is 0 Å². The normalized spacial score (nSPS) is 11.2. The largest absolute Gasteiger partial charge is 0.496 e. The average Bonchev–Trinajstić information content (AvgIpc) is 2.89. The van der Waals surface area contributed by atoms with Crippen LogP contribution in [-0.4, -0.2) is 31.6 Å². The molecule has 2 rings (SSSR count). The molecule has 0 saturated heterocycles. The average molecular weight is 313 g/mol. The van der Waals surface area contributed by atoms with E-state index in [0.717, 1.165) is 6.07 Å². The zero-order chi connectivity index (χ0) is 14.8. The molecule has 2 aromatic rings. The van der Waals surface area contributed by atoms with E-state index in [0.29, 0.717) is 4.88 Å². The Bertz CT molecular complexity index is 722. The molecule has 1 aromatic carbocycles. The number of carbonyl (C=O) groups is 1. The van der Waals surface area contributed by atoms with Gasteiger partial charge >= 0.3 is 5.97 Å². The van der Waals surface area contributed by atoms with Crippen LogP contribution >= 0.6 is 11.3 Å². The third-order valence-electron chi connectivity index (χ3n) is 2.58. The minimum atomic E-state index is -3.61. The maximum Gasteiger partial charge on any atom is 0.339 e. The number of thiazole rings is 1. The Balaban J connectivity index is 2.42. The van der Waals surface area contributed by atoms with E-state index >= 15 is 0 Å². The topological polar surface area (TPSA) is 93.6 Å². The highest BCUT2D eigenvalue weighted by Crippen LogP contribution is 2.25. The van der Waals surface area contributed by atoms with Crippen LogP contribution in [0.2, 0.25) is 0 Å². The monoisotopic (exact) mass is 313 g/mol. The predicted octanol–water partition coefficient (Wildman–Crippen LogP) is 1.82. The second-order valence-electron chi connectivity index (χ2n) is 3.89. The molecule has 0 unspecified atom stereocenters. The van der Waals surface area contributed by atoms with E-state index in [1.165, 1.54) is 36.8 Å². The third kappa shape index (κ3) is 2.97. The summed E-state index contributed by atoms with van der Waals surface area (Å²) in [4.78, 5) is 15.5. The van der Waals surface area contributed by atoms with Gasteiger partial charge in [0.05, 0.1) is 23.3 Å². The number of aromatic nitrogens is 1. The molecule has 0 radical (unpaired) electrons. The zero-order valence-corrected chi connectivity index (χ0v) is 12.1. The lowest BCUT2D eigenvalue weighted by atomic mass is 10.2. The number of carboxylic acids is 1. The third-order valence-corrected chi connectivity index (χ3v) is 5.20. The molecule has 20 heavy (non-hydrogen) atoms. The molecule has 1 N–H and O–H groups in total. The van der Waals surface area contributed by atoms with E-state index in [4.69, 9.17) is 9.84 Å². The molecule has 0 spiro atoms. The van der Waals surface area contributed by atoms with Gasteiger partial charge in [-0.3, -0.25) is 4.98 Å². The first-order chi connectivity index (χ1) is 9.44. The van der Waals surface area contributed by atoms with Crippen molar-refractivity contribution in [3.8, 4) is 5.75 Å². The van der Waals surface area contributed by atoms with Crippen molar-refractivity contribution in [2.45, 2.75) is 10.6 Å². The Labute approximate surface area is 119 Å². The van der Waals surface area contributed by atoms with Crippen molar-refractivity contribution in [2.75, 3.05) is 7.11 Å². The quantitative estimate of drug-likeness (QED) is 0.905. The van der Waals surface area contributed by atoms with Crippen molar-refractivity contribution >= 4 is 27.1 Å². The number of methoxy groups -OCH3 is 1. The Morgan fingerprint density at radius 1 is 1.45 bits per heavy atom. The summed E-state index contributed by atoms with van der Waals surface area (Å²) in [5.41, 5.74) is 1.36. The molecule has 0 amide bonds. The van der Waals surface area contributed by atoms with E-state index in [-0.39, 0.29) is 22.0 Å². The summed E-state index contributed by atoms with van der Waals surface area (Å²) in [7, 11) is -2.29. The fraction of sp³-hybridized carbons (Fsp3) is 0.167. The highest BCUT2D eigenvalue weighted by atomic mass is 32.2. The van der Waals surface area contributed by atoms with Crippen LogP contribution in [0.1, 0.15) is 15.2 Å². The maximum atomic E-state index is 12.2. The van der Waals surface area contributed by atoms with E-state index in [2.05, 4.69) is 4.98 Å². The summed E-state index contributed by atoms with van der Waals surface area (Å²) in [6.07, 6.45) is 1.48. The number of carboxylic acid groups (broad SMARTS) is 1. The summed E-state index contributed by atoms with van der Waals surface area (Å²) in [6, 6.07) is 3.78. The molecule has 0 aliphatic rings.